The van der Waals surface area contributed by atoms with Crippen molar-refractivity contribution in [2.24, 2.45) is 0 Å². The molecule has 7 nitrogen and oxygen atoms in total. The van der Waals surface area contributed by atoms with Crippen molar-refractivity contribution in [3.63, 3.8) is 0 Å². The predicted molar refractivity (Wildman–Crippen MR) is 119 cm³/mol. The maximum absolute atomic E-state index is 12.7. The van der Waals surface area contributed by atoms with Gasteiger partial charge >= 0.3 is 0 Å². The zero-order valence-electron chi connectivity index (χ0n) is 17.3. The molecule has 0 aliphatic carbocycles. The van der Waals surface area contributed by atoms with E-state index in [-0.39, 0.29) is 0 Å². The number of rotatable bonds is 8. The molecular formula is C23H23N3O4S. The molecule has 0 bridgehead atoms. The van der Waals surface area contributed by atoms with Gasteiger partial charge in [-0.05, 0) is 48.9 Å². The van der Waals surface area contributed by atoms with Crippen LogP contribution in [0.4, 0.5) is 0 Å². The Balaban J connectivity index is 1.66. The van der Waals surface area contributed by atoms with Gasteiger partial charge in [-0.15, -0.1) is 0 Å². The van der Waals surface area contributed by atoms with E-state index in [2.05, 4.69) is 15.8 Å². The quantitative estimate of drug-likeness (QED) is 0.516. The third-order valence-electron chi connectivity index (χ3n) is 4.15. The average Bonchev–Trinajstić information content (AvgIpc) is 2.81. The Morgan fingerprint density at radius 2 is 1.74 bits per heavy atom. The van der Waals surface area contributed by atoms with Crippen molar-refractivity contribution in [1.29, 1.82) is 0 Å². The van der Waals surface area contributed by atoms with Crippen molar-refractivity contribution in [2.45, 2.75) is 23.3 Å². The van der Waals surface area contributed by atoms with E-state index in [0.29, 0.717) is 34.3 Å². The fourth-order valence-corrected chi connectivity index (χ4v) is 3.54. The Hall–Kier alpha value is -3.52. The highest BCUT2D eigenvalue weighted by molar-refractivity contribution is 7.99. The Morgan fingerprint density at radius 1 is 0.968 bits per heavy atom. The number of methoxy groups -OCH3 is 1. The molecule has 31 heavy (non-hydrogen) atoms. The first-order chi connectivity index (χ1) is 15.1. The summed E-state index contributed by atoms with van der Waals surface area (Å²) >= 11 is 1.37. The number of hydrazine groups is 1. The molecule has 3 rings (SSSR count). The number of hydrogen-bond acceptors (Lipinski definition) is 6. The van der Waals surface area contributed by atoms with Crippen LogP contribution in [0.15, 0.2) is 76.8 Å². The fraction of sp³-hybridized carbons (Fsp3) is 0.174. The normalized spacial score (nSPS) is 10.3. The van der Waals surface area contributed by atoms with Crippen LogP contribution in [0.1, 0.15) is 34.1 Å². The highest BCUT2D eigenvalue weighted by Gasteiger charge is 2.16. The van der Waals surface area contributed by atoms with Crippen LogP contribution in [0.2, 0.25) is 0 Å². The molecular weight excluding hydrogens is 414 g/mol. The SMILES string of the molecule is CCCOc1ccc(C(=O)NNC(=O)c2cccnc2Sc2ccccc2)cc1OC. The molecule has 2 aromatic carbocycles. The first kappa shape index (κ1) is 22.2. The maximum Gasteiger partial charge on any atom is 0.272 e. The van der Waals surface area contributed by atoms with E-state index in [4.69, 9.17) is 9.47 Å². The molecule has 2 amide bonds. The Labute approximate surface area is 185 Å². The van der Waals surface area contributed by atoms with Crippen molar-refractivity contribution < 1.29 is 19.1 Å². The summed E-state index contributed by atoms with van der Waals surface area (Å²) in [7, 11) is 1.51. The second kappa shape index (κ2) is 11.0. The van der Waals surface area contributed by atoms with Gasteiger partial charge in [0.25, 0.3) is 11.8 Å². The van der Waals surface area contributed by atoms with E-state index in [1.165, 1.54) is 18.9 Å². The van der Waals surface area contributed by atoms with Gasteiger partial charge in [-0.2, -0.15) is 0 Å². The summed E-state index contributed by atoms with van der Waals surface area (Å²) < 4.78 is 10.9. The maximum atomic E-state index is 12.7. The molecule has 0 unspecified atom stereocenters. The van der Waals surface area contributed by atoms with Gasteiger partial charge in [0.2, 0.25) is 0 Å². The molecule has 0 aliphatic rings. The number of carbonyl (C=O) groups is 2. The molecule has 0 radical (unpaired) electrons. The van der Waals surface area contributed by atoms with Crippen molar-refractivity contribution >= 4 is 23.6 Å². The molecule has 1 aromatic heterocycles. The third-order valence-corrected chi connectivity index (χ3v) is 5.18. The summed E-state index contributed by atoms with van der Waals surface area (Å²) in [6.07, 6.45) is 2.48. The molecule has 1 heterocycles. The lowest BCUT2D eigenvalue weighted by Gasteiger charge is -2.13. The van der Waals surface area contributed by atoms with Crippen LogP contribution in [-0.4, -0.2) is 30.5 Å². The number of nitrogens with zero attached hydrogens (tertiary/aromatic N) is 1. The number of pyridine rings is 1. The van der Waals surface area contributed by atoms with E-state index in [0.717, 1.165) is 11.3 Å². The van der Waals surface area contributed by atoms with Gasteiger partial charge in [0.15, 0.2) is 11.5 Å². The number of ether oxygens (including phenoxy) is 2. The molecule has 0 saturated heterocycles. The van der Waals surface area contributed by atoms with Gasteiger partial charge < -0.3 is 9.47 Å². The van der Waals surface area contributed by atoms with Crippen LogP contribution < -0.4 is 20.3 Å². The second-order valence-electron chi connectivity index (χ2n) is 6.39. The van der Waals surface area contributed by atoms with Crippen LogP contribution in [-0.2, 0) is 0 Å². The van der Waals surface area contributed by atoms with Crippen molar-refractivity contribution in [3.8, 4) is 11.5 Å². The number of nitrogens with one attached hydrogen (secondary N) is 2. The molecule has 160 valence electrons. The monoisotopic (exact) mass is 437 g/mol. The topological polar surface area (TPSA) is 89.6 Å². The predicted octanol–water partition coefficient (Wildman–Crippen LogP) is 4.11. The lowest BCUT2D eigenvalue weighted by atomic mass is 10.2. The summed E-state index contributed by atoms with van der Waals surface area (Å²) in [6.45, 7) is 2.55. The first-order valence-corrected chi connectivity index (χ1v) is 10.5. The third kappa shape index (κ3) is 5.99. The lowest BCUT2D eigenvalue weighted by molar-refractivity contribution is 0.0844. The molecule has 0 aliphatic heterocycles. The Bertz CT molecular complexity index is 1040. The molecule has 0 saturated carbocycles. The Morgan fingerprint density at radius 3 is 2.48 bits per heavy atom. The van der Waals surface area contributed by atoms with Gasteiger partial charge in [-0.3, -0.25) is 20.4 Å². The number of carbonyl (C=O) groups excluding carboxylic acids is 2. The molecule has 3 aromatic rings. The highest BCUT2D eigenvalue weighted by atomic mass is 32.2. The van der Waals surface area contributed by atoms with Crippen LogP contribution in [0.25, 0.3) is 0 Å². The summed E-state index contributed by atoms with van der Waals surface area (Å²) in [5.74, 6) is 0.0636. The summed E-state index contributed by atoms with van der Waals surface area (Å²) in [5, 5.41) is 0.541. The van der Waals surface area contributed by atoms with Crippen LogP contribution in [0, 0.1) is 0 Å². The number of benzene rings is 2. The standard InChI is InChI=1S/C23H23N3O4S/c1-3-14-30-19-12-11-16(15-20(19)29-2)21(27)25-26-22(28)18-10-7-13-24-23(18)31-17-8-5-4-6-9-17/h4-13,15H,3,14H2,1-2H3,(H,25,27)(H,26,28). The molecule has 8 heteroatoms. The van der Waals surface area contributed by atoms with E-state index < -0.39 is 11.8 Å². The number of aromatic nitrogens is 1. The Kier molecular flexibility index (Phi) is 7.89. The highest BCUT2D eigenvalue weighted by Crippen LogP contribution is 2.29. The molecule has 2 N–H and O–H groups in total. The molecule has 0 fully saturated rings. The van der Waals surface area contributed by atoms with Gasteiger partial charge in [0.05, 0.1) is 19.3 Å². The number of amides is 2. The van der Waals surface area contributed by atoms with Gasteiger partial charge in [0.1, 0.15) is 5.03 Å². The van der Waals surface area contributed by atoms with Crippen molar-refractivity contribution in [1.82, 2.24) is 15.8 Å². The smallest absolute Gasteiger partial charge is 0.272 e. The van der Waals surface area contributed by atoms with Crippen molar-refractivity contribution in [3.05, 3.63) is 78.0 Å². The largest absolute Gasteiger partial charge is 0.493 e. The number of hydrogen-bond donors (Lipinski definition) is 2. The van der Waals surface area contributed by atoms with E-state index >= 15 is 0 Å². The minimum absolute atomic E-state index is 0.325. The van der Waals surface area contributed by atoms with Gasteiger partial charge in [-0.1, -0.05) is 36.9 Å². The minimum Gasteiger partial charge on any atom is -0.493 e. The van der Waals surface area contributed by atoms with Crippen LogP contribution in [0.3, 0.4) is 0 Å². The first-order valence-electron chi connectivity index (χ1n) is 9.71. The van der Waals surface area contributed by atoms with Crippen LogP contribution >= 0.6 is 11.8 Å². The zero-order valence-corrected chi connectivity index (χ0v) is 18.1. The molecule has 0 spiro atoms. The van der Waals surface area contributed by atoms with E-state index in [1.54, 1.807) is 36.5 Å². The van der Waals surface area contributed by atoms with E-state index in [9.17, 15) is 9.59 Å². The fourth-order valence-electron chi connectivity index (χ4n) is 2.64. The summed E-state index contributed by atoms with van der Waals surface area (Å²) in [6, 6.07) is 17.8. The average molecular weight is 438 g/mol. The van der Waals surface area contributed by atoms with Gasteiger partial charge in [-0.25, -0.2) is 4.98 Å². The lowest BCUT2D eigenvalue weighted by Crippen LogP contribution is -2.41. The van der Waals surface area contributed by atoms with E-state index in [1.807, 2.05) is 37.3 Å². The van der Waals surface area contributed by atoms with Crippen molar-refractivity contribution in [2.75, 3.05) is 13.7 Å². The summed E-state index contributed by atoms with van der Waals surface area (Å²) in [4.78, 5) is 30.4. The zero-order chi connectivity index (χ0) is 22.1. The minimum atomic E-state index is -0.477. The second-order valence-corrected chi connectivity index (χ2v) is 7.46. The van der Waals surface area contributed by atoms with Crippen LogP contribution in [0.5, 0.6) is 11.5 Å². The molecule has 0 atom stereocenters. The van der Waals surface area contributed by atoms with Gasteiger partial charge in [0, 0.05) is 16.7 Å². The summed E-state index contributed by atoms with van der Waals surface area (Å²) in [5.41, 5.74) is 5.56.